The fourth-order valence-corrected chi connectivity index (χ4v) is 6.80. The summed E-state index contributed by atoms with van der Waals surface area (Å²) in [5.74, 6) is 1.36. The van der Waals surface area contributed by atoms with Crippen molar-refractivity contribution in [3.63, 3.8) is 0 Å². The van der Waals surface area contributed by atoms with Crippen LogP contribution in [0, 0.1) is 11.3 Å². The van der Waals surface area contributed by atoms with Crippen molar-refractivity contribution in [1.82, 2.24) is 39.4 Å². The number of nitrogens with zero attached hydrogens (tertiary/aromatic N) is 9. The van der Waals surface area contributed by atoms with E-state index in [-0.39, 0.29) is 24.4 Å². The molecule has 6 rings (SSSR count). The van der Waals surface area contributed by atoms with Crippen molar-refractivity contribution in [3.05, 3.63) is 55.0 Å². The van der Waals surface area contributed by atoms with Gasteiger partial charge in [-0.1, -0.05) is 6.07 Å². The van der Waals surface area contributed by atoms with Crippen molar-refractivity contribution in [2.24, 2.45) is 0 Å². The summed E-state index contributed by atoms with van der Waals surface area (Å²) >= 11 is 0. The Labute approximate surface area is 298 Å². The van der Waals surface area contributed by atoms with Crippen LogP contribution in [0.2, 0.25) is 0 Å². The van der Waals surface area contributed by atoms with Crippen molar-refractivity contribution in [2.45, 2.75) is 83.4 Å². The lowest BCUT2D eigenvalue weighted by molar-refractivity contribution is -0.0852. The van der Waals surface area contributed by atoms with Crippen LogP contribution in [-0.4, -0.2) is 110 Å². The number of hydrogen-bond acceptors (Lipinski definition) is 13. The van der Waals surface area contributed by atoms with Crippen LogP contribution in [0.5, 0.6) is 11.6 Å². The Morgan fingerprint density at radius 2 is 1.75 bits per heavy atom. The highest BCUT2D eigenvalue weighted by Crippen LogP contribution is 2.35. The average molecular weight is 701 g/mol. The maximum atomic E-state index is 9.69. The van der Waals surface area contributed by atoms with Crippen LogP contribution < -0.4 is 14.8 Å². The van der Waals surface area contributed by atoms with Crippen LogP contribution in [0.15, 0.2) is 49.4 Å². The minimum absolute atomic E-state index is 0.237. The number of methoxy groups -OCH3 is 1. The summed E-state index contributed by atoms with van der Waals surface area (Å²) in [6, 6.07) is 8.48. The van der Waals surface area contributed by atoms with Crippen LogP contribution in [0.3, 0.4) is 0 Å². The molecule has 0 bridgehead atoms. The largest absolute Gasteiger partial charge is 0.487 e. The van der Waals surface area contributed by atoms with Gasteiger partial charge in [-0.3, -0.25) is 9.58 Å². The Bertz CT molecular complexity index is 1690. The van der Waals surface area contributed by atoms with Gasteiger partial charge in [-0.25, -0.2) is 19.6 Å². The SMILES string of the molecule is COCCOCCOc1nn(C2CCC(N3C[C@@H](C)O[C@@H](C)C3)CC2)cc1Nc1ncc(-c2ccc(C#N)c(OC(C)Cn3cncn3)c2)cn1. The molecule has 2 aliphatic rings. The Balaban J connectivity index is 1.12. The zero-order valence-corrected chi connectivity index (χ0v) is 29.8. The summed E-state index contributed by atoms with van der Waals surface area (Å²) in [6.45, 7) is 10.5. The summed E-state index contributed by atoms with van der Waals surface area (Å²) in [5.41, 5.74) is 2.73. The number of nitrogens with one attached hydrogen (secondary N) is 1. The summed E-state index contributed by atoms with van der Waals surface area (Å²) in [6.07, 6.45) is 13.2. The monoisotopic (exact) mass is 700 g/mol. The highest BCUT2D eigenvalue weighted by molar-refractivity contribution is 5.67. The maximum absolute atomic E-state index is 9.69. The zero-order valence-electron chi connectivity index (χ0n) is 29.8. The first-order valence-electron chi connectivity index (χ1n) is 17.7. The lowest BCUT2D eigenvalue weighted by Crippen LogP contribution is -2.51. The second-order valence-corrected chi connectivity index (χ2v) is 13.2. The Kier molecular flexibility index (Phi) is 12.4. The summed E-state index contributed by atoms with van der Waals surface area (Å²) in [4.78, 5) is 15.8. The molecule has 0 radical (unpaired) electrons. The number of morpholine rings is 1. The van der Waals surface area contributed by atoms with Gasteiger partial charge >= 0.3 is 0 Å². The number of hydrogen-bond donors (Lipinski definition) is 1. The van der Waals surface area contributed by atoms with Crippen LogP contribution in [0.1, 0.15) is 58.1 Å². The highest BCUT2D eigenvalue weighted by Gasteiger charge is 2.32. The van der Waals surface area contributed by atoms with Crippen LogP contribution >= 0.6 is 0 Å². The number of nitriles is 1. The molecule has 0 spiro atoms. The molecule has 1 N–H and O–H groups in total. The van der Waals surface area contributed by atoms with E-state index in [0.29, 0.717) is 67.8 Å². The smallest absolute Gasteiger partial charge is 0.257 e. The molecule has 0 amide bonds. The molecule has 1 aliphatic carbocycles. The topological polar surface area (TPSA) is 160 Å². The fraction of sp³-hybridized carbons (Fsp3) is 0.556. The van der Waals surface area contributed by atoms with Gasteiger partial charge in [-0.15, -0.1) is 5.10 Å². The van der Waals surface area contributed by atoms with E-state index in [0.717, 1.165) is 49.9 Å². The second-order valence-electron chi connectivity index (χ2n) is 13.2. The number of ether oxygens (including phenoxy) is 5. The lowest BCUT2D eigenvalue weighted by atomic mass is 9.89. The van der Waals surface area contributed by atoms with Gasteiger partial charge in [0.05, 0.1) is 56.4 Å². The van der Waals surface area contributed by atoms with Gasteiger partial charge in [0.1, 0.15) is 42.9 Å². The minimum atomic E-state index is -0.237. The molecule has 4 heterocycles. The maximum Gasteiger partial charge on any atom is 0.257 e. The normalized spacial score (nSPS) is 21.5. The summed E-state index contributed by atoms with van der Waals surface area (Å²) in [7, 11) is 1.65. The van der Waals surface area contributed by atoms with Crippen molar-refractivity contribution in [1.29, 1.82) is 5.26 Å². The van der Waals surface area contributed by atoms with E-state index in [1.807, 2.05) is 29.9 Å². The standard InChI is InChI=1S/C36H48N10O5/c1-25-19-44(20-26(2)50-25)31-7-9-32(10-8-31)46-22-33(35(43-46)49-14-13-48-12-11-47-4)42-36-39-17-30(18-40-36)28-5-6-29(16-37)34(15-28)51-27(3)21-45-24-38-23-41-45/h5-6,15,17-18,22-27,31-32H,7-14,19-21H2,1-4H3,(H,39,40,42)/t25-,26+,27?,31?,32?. The van der Waals surface area contributed by atoms with Crippen molar-refractivity contribution >= 4 is 11.6 Å². The van der Waals surface area contributed by atoms with Gasteiger partial charge in [0.25, 0.3) is 5.88 Å². The van der Waals surface area contributed by atoms with Gasteiger partial charge in [0.2, 0.25) is 5.95 Å². The van der Waals surface area contributed by atoms with E-state index in [4.69, 9.17) is 28.8 Å². The first kappa shape index (κ1) is 36.2. The minimum Gasteiger partial charge on any atom is -0.487 e. The third-order valence-corrected chi connectivity index (χ3v) is 9.17. The third-order valence-electron chi connectivity index (χ3n) is 9.17. The van der Waals surface area contributed by atoms with Crippen LogP contribution in [0.25, 0.3) is 11.1 Å². The zero-order chi connectivity index (χ0) is 35.6. The molecule has 1 saturated heterocycles. The highest BCUT2D eigenvalue weighted by atomic mass is 16.5. The third kappa shape index (κ3) is 9.79. The molecule has 3 aromatic heterocycles. The Hall–Kier alpha value is -4.62. The predicted molar refractivity (Wildman–Crippen MR) is 189 cm³/mol. The first-order chi connectivity index (χ1) is 24.9. The van der Waals surface area contributed by atoms with Gasteiger partial charge < -0.3 is 29.0 Å². The lowest BCUT2D eigenvalue weighted by Gasteiger charge is -2.42. The van der Waals surface area contributed by atoms with Gasteiger partial charge in [0, 0.05) is 44.2 Å². The van der Waals surface area contributed by atoms with Gasteiger partial charge in [-0.05, 0) is 64.2 Å². The summed E-state index contributed by atoms with van der Waals surface area (Å²) in [5, 5.41) is 22.0. The molecule has 15 heteroatoms. The predicted octanol–water partition coefficient (Wildman–Crippen LogP) is 4.65. The molecule has 1 aliphatic heterocycles. The molecule has 2 fully saturated rings. The molecule has 1 unspecified atom stereocenters. The number of anilines is 2. The van der Waals surface area contributed by atoms with E-state index in [1.165, 1.54) is 6.33 Å². The van der Waals surface area contributed by atoms with Crippen molar-refractivity contribution < 1.29 is 23.7 Å². The van der Waals surface area contributed by atoms with Gasteiger partial charge in [-0.2, -0.15) is 10.4 Å². The second kappa shape index (κ2) is 17.5. The fourth-order valence-electron chi connectivity index (χ4n) is 6.80. The molecule has 1 saturated carbocycles. The Morgan fingerprint density at radius 1 is 1.00 bits per heavy atom. The van der Waals surface area contributed by atoms with Crippen LogP contribution in [0.4, 0.5) is 11.6 Å². The number of benzene rings is 1. The van der Waals surface area contributed by atoms with E-state index < -0.39 is 0 Å². The molecule has 272 valence electrons. The van der Waals surface area contributed by atoms with Gasteiger partial charge in [0.15, 0.2) is 0 Å². The first-order valence-corrected chi connectivity index (χ1v) is 17.7. The molecule has 3 atom stereocenters. The molecule has 15 nitrogen and oxygen atoms in total. The molecule has 4 aromatic rings. The quantitative estimate of drug-likeness (QED) is 0.161. The van der Waals surface area contributed by atoms with Crippen LogP contribution in [-0.2, 0) is 20.8 Å². The molecule has 51 heavy (non-hydrogen) atoms. The van der Waals surface area contributed by atoms with E-state index in [2.05, 4.69) is 50.2 Å². The molecular weight excluding hydrogens is 652 g/mol. The van der Waals surface area contributed by atoms with E-state index in [9.17, 15) is 5.26 Å². The number of rotatable bonds is 16. The summed E-state index contributed by atoms with van der Waals surface area (Å²) < 4.78 is 32.6. The number of aromatic nitrogens is 7. The average Bonchev–Trinajstić information content (AvgIpc) is 3.79. The van der Waals surface area contributed by atoms with Crippen molar-refractivity contribution in [2.75, 3.05) is 51.9 Å². The van der Waals surface area contributed by atoms with Crippen molar-refractivity contribution in [3.8, 4) is 28.8 Å². The van der Waals surface area contributed by atoms with E-state index in [1.54, 1.807) is 36.6 Å². The molecular formula is C36H48N10O5. The van der Waals surface area contributed by atoms with E-state index >= 15 is 0 Å². The molecule has 1 aromatic carbocycles. The Morgan fingerprint density at radius 3 is 2.45 bits per heavy atom.